The second-order valence-corrected chi connectivity index (χ2v) is 6.67. The first-order valence-electron chi connectivity index (χ1n) is 7.23. The van der Waals surface area contributed by atoms with Crippen molar-refractivity contribution in [2.24, 2.45) is 0 Å². The van der Waals surface area contributed by atoms with Gasteiger partial charge in [0, 0.05) is 6.04 Å². The van der Waals surface area contributed by atoms with Crippen molar-refractivity contribution in [2.75, 3.05) is 0 Å². The molecule has 0 radical (unpaired) electrons. The number of sulfonamides is 1. The average molecular weight is 299 g/mol. The Balaban J connectivity index is 3.03. The first kappa shape index (κ1) is 17.1. The zero-order valence-corrected chi connectivity index (χ0v) is 13.3. The van der Waals surface area contributed by atoms with E-state index in [-0.39, 0.29) is 17.5 Å². The van der Waals surface area contributed by atoms with Crippen LogP contribution in [0.3, 0.4) is 0 Å². The van der Waals surface area contributed by atoms with Crippen molar-refractivity contribution >= 4 is 10.0 Å². The summed E-state index contributed by atoms with van der Waals surface area (Å²) in [5, 5.41) is 9.34. The molecule has 1 aromatic rings. The Bertz CT molecular complexity index is 526. The smallest absolute Gasteiger partial charge is 0.240 e. The Labute approximate surface area is 122 Å². The van der Waals surface area contributed by atoms with Crippen LogP contribution in [0.4, 0.5) is 0 Å². The normalized spacial score (nSPS) is 13.4. The molecule has 5 heteroatoms. The zero-order chi connectivity index (χ0) is 15.2. The number of rotatable bonds is 8. The van der Waals surface area contributed by atoms with Crippen molar-refractivity contribution in [3.05, 3.63) is 29.3 Å². The average Bonchev–Trinajstić information content (AvgIpc) is 2.45. The molecule has 1 rings (SSSR count). The fourth-order valence-electron chi connectivity index (χ4n) is 2.24. The standard InChI is InChI=1S/C15H25NO3S/c1-4-7-14(6-3)16-20(18,19)15-9-8-12(5-2)13(10-15)11-17/h8-10,14,16-17H,4-7,11H2,1-3H3. The van der Waals surface area contributed by atoms with Crippen LogP contribution in [0.5, 0.6) is 0 Å². The van der Waals surface area contributed by atoms with Gasteiger partial charge in [-0.2, -0.15) is 0 Å². The SMILES string of the molecule is CCCC(CC)NS(=O)(=O)c1ccc(CC)c(CO)c1. The number of aliphatic hydroxyl groups excluding tert-OH is 1. The van der Waals surface area contributed by atoms with Gasteiger partial charge in [-0.25, -0.2) is 13.1 Å². The number of aliphatic hydroxyl groups is 1. The molecular weight excluding hydrogens is 274 g/mol. The minimum absolute atomic E-state index is 0.0339. The third-order valence-corrected chi connectivity index (χ3v) is 5.01. The minimum atomic E-state index is -3.51. The number of hydrogen-bond donors (Lipinski definition) is 2. The van der Waals surface area contributed by atoms with E-state index in [1.54, 1.807) is 18.2 Å². The predicted molar refractivity (Wildman–Crippen MR) is 81.1 cm³/mol. The van der Waals surface area contributed by atoms with E-state index < -0.39 is 10.0 Å². The van der Waals surface area contributed by atoms with E-state index in [1.807, 2.05) is 20.8 Å². The summed E-state index contributed by atoms with van der Waals surface area (Å²) in [5.74, 6) is 0. The lowest BCUT2D eigenvalue weighted by Gasteiger charge is -2.17. The molecule has 0 aliphatic heterocycles. The van der Waals surface area contributed by atoms with Gasteiger partial charge in [-0.3, -0.25) is 0 Å². The van der Waals surface area contributed by atoms with Crippen LogP contribution in [0.15, 0.2) is 23.1 Å². The van der Waals surface area contributed by atoms with Gasteiger partial charge < -0.3 is 5.11 Å². The van der Waals surface area contributed by atoms with Crippen LogP contribution >= 0.6 is 0 Å². The maximum Gasteiger partial charge on any atom is 0.240 e. The van der Waals surface area contributed by atoms with E-state index in [2.05, 4.69) is 4.72 Å². The summed E-state index contributed by atoms with van der Waals surface area (Å²) < 4.78 is 27.4. The van der Waals surface area contributed by atoms with Gasteiger partial charge in [-0.05, 0) is 42.5 Å². The Morgan fingerprint density at radius 3 is 2.40 bits per heavy atom. The quantitative estimate of drug-likeness (QED) is 0.775. The zero-order valence-electron chi connectivity index (χ0n) is 12.5. The van der Waals surface area contributed by atoms with Crippen LogP contribution in [0.25, 0.3) is 0 Å². The molecule has 4 nitrogen and oxygen atoms in total. The highest BCUT2D eigenvalue weighted by Gasteiger charge is 2.19. The summed E-state index contributed by atoms with van der Waals surface area (Å²) in [5.41, 5.74) is 1.66. The summed E-state index contributed by atoms with van der Waals surface area (Å²) in [6, 6.07) is 4.92. The summed E-state index contributed by atoms with van der Waals surface area (Å²) in [6.45, 7) is 5.85. The molecule has 1 atom stereocenters. The van der Waals surface area contributed by atoms with Crippen molar-refractivity contribution < 1.29 is 13.5 Å². The summed E-state index contributed by atoms with van der Waals surface area (Å²) in [4.78, 5) is 0.230. The van der Waals surface area contributed by atoms with Gasteiger partial charge in [-0.15, -0.1) is 0 Å². The van der Waals surface area contributed by atoms with Crippen LogP contribution in [-0.4, -0.2) is 19.6 Å². The second kappa shape index (κ2) is 7.76. The lowest BCUT2D eigenvalue weighted by molar-refractivity contribution is 0.280. The molecule has 0 bridgehead atoms. The highest BCUT2D eigenvalue weighted by atomic mass is 32.2. The minimum Gasteiger partial charge on any atom is -0.392 e. The molecule has 0 saturated carbocycles. The largest absolute Gasteiger partial charge is 0.392 e. The van der Waals surface area contributed by atoms with Crippen LogP contribution in [0.1, 0.15) is 51.2 Å². The maximum atomic E-state index is 12.4. The summed E-state index contributed by atoms with van der Waals surface area (Å²) in [6.07, 6.45) is 3.32. The molecule has 0 aliphatic rings. The third kappa shape index (κ3) is 4.30. The van der Waals surface area contributed by atoms with E-state index in [9.17, 15) is 13.5 Å². The molecule has 2 N–H and O–H groups in total. The summed E-state index contributed by atoms with van der Waals surface area (Å²) >= 11 is 0. The van der Waals surface area contributed by atoms with Gasteiger partial charge in [0.15, 0.2) is 0 Å². The predicted octanol–water partition coefficient (Wildman–Crippen LogP) is 2.60. The third-order valence-electron chi connectivity index (χ3n) is 3.49. The first-order chi connectivity index (χ1) is 9.48. The number of aryl methyl sites for hydroxylation is 1. The molecule has 1 unspecified atom stereocenters. The van der Waals surface area contributed by atoms with Crippen LogP contribution in [0.2, 0.25) is 0 Å². The number of hydrogen-bond acceptors (Lipinski definition) is 3. The van der Waals surface area contributed by atoms with E-state index in [1.165, 1.54) is 0 Å². The van der Waals surface area contributed by atoms with Crippen LogP contribution < -0.4 is 4.72 Å². The highest BCUT2D eigenvalue weighted by molar-refractivity contribution is 7.89. The van der Waals surface area contributed by atoms with Crippen LogP contribution in [0, 0.1) is 0 Å². The monoisotopic (exact) mass is 299 g/mol. The molecule has 0 saturated heterocycles. The van der Waals surface area contributed by atoms with Crippen molar-refractivity contribution in [3.63, 3.8) is 0 Å². The lowest BCUT2D eigenvalue weighted by Crippen LogP contribution is -2.34. The molecule has 20 heavy (non-hydrogen) atoms. The Kier molecular flexibility index (Phi) is 6.65. The Morgan fingerprint density at radius 2 is 1.90 bits per heavy atom. The second-order valence-electron chi connectivity index (χ2n) is 4.96. The molecular formula is C15H25NO3S. The Morgan fingerprint density at radius 1 is 1.20 bits per heavy atom. The molecule has 114 valence electrons. The van der Waals surface area contributed by atoms with Gasteiger partial charge in [0.1, 0.15) is 0 Å². The van der Waals surface area contributed by atoms with Crippen LogP contribution in [-0.2, 0) is 23.1 Å². The summed E-state index contributed by atoms with van der Waals surface area (Å²) in [7, 11) is -3.51. The van der Waals surface area contributed by atoms with Crippen molar-refractivity contribution in [1.82, 2.24) is 4.72 Å². The molecule has 0 heterocycles. The molecule has 0 spiro atoms. The topological polar surface area (TPSA) is 66.4 Å². The van der Waals surface area contributed by atoms with Gasteiger partial charge in [0.2, 0.25) is 10.0 Å². The highest BCUT2D eigenvalue weighted by Crippen LogP contribution is 2.18. The Hall–Kier alpha value is -0.910. The van der Waals surface area contributed by atoms with E-state index >= 15 is 0 Å². The van der Waals surface area contributed by atoms with Gasteiger partial charge >= 0.3 is 0 Å². The van der Waals surface area contributed by atoms with Gasteiger partial charge in [-0.1, -0.05) is 33.3 Å². The first-order valence-corrected chi connectivity index (χ1v) is 8.71. The lowest BCUT2D eigenvalue weighted by atomic mass is 10.1. The van der Waals surface area contributed by atoms with Gasteiger partial charge in [0.25, 0.3) is 0 Å². The molecule has 1 aromatic carbocycles. The van der Waals surface area contributed by atoms with Crippen molar-refractivity contribution in [1.29, 1.82) is 0 Å². The molecule has 0 fully saturated rings. The van der Waals surface area contributed by atoms with Crippen molar-refractivity contribution in [2.45, 2.75) is 64.0 Å². The fraction of sp³-hybridized carbons (Fsp3) is 0.600. The molecule has 0 aliphatic carbocycles. The number of nitrogens with one attached hydrogen (secondary N) is 1. The molecule has 0 aromatic heterocycles. The fourth-order valence-corrected chi connectivity index (χ4v) is 3.65. The number of benzene rings is 1. The van der Waals surface area contributed by atoms with Gasteiger partial charge in [0.05, 0.1) is 11.5 Å². The maximum absolute atomic E-state index is 12.4. The van der Waals surface area contributed by atoms with E-state index in [0.717, 1.165) is 31.2 Å². The molecule has 0 amide bonds. The van der Waals surface area contributed by atoms with E-state index in [0.29, 0.717) is 5.56 Å². The van der Waals surface area contributed by atoms with Crippen molar-refractivity contribution in [3.8, 4) is 0 Å². The van der Waals surface area contributed by atoms with E-state index in [4.69, 9.17) is 0 Å².